The zero-order chi connectivity index (χ0) is 13.6. The van der Waals surface area contributed by atoms with Crippen LogP contribution in [0.5, 0.6) is 0 Å². The molecule has 4 nitrogen and oxygen atoms in total. The van der Waals surface area contributed by atoms with Gasteiger partial charge in [-0.15, -0.1) is 0 Å². The van der Waals surface area contributed by atoms with Crippen molar-refractivity contribution in [1.29, 1.82) is 0 Å². The first-order valence-corrected chi connectivity index (χ1v) is 7.05. The van der Waals surface area contributed by atoms with Crippen molar-refractivity contribution in [3.05, 3.63) is 0 Å². The first-order chi connectivity index (χ1) is 8.37. The Kier molecular flexibility index (Phi) is 6.09. The molecule has 1 amide bonds. The molecule has 0 aromatic rings. The van der Waals surface area contributed by atoms with Crippen LogP contribution in [0.2, 0.25) is 0 Å². The minimum absolute atomic E-state index is 0.0186. The van der Waals surface area contributed by atoms with E-state index in [0.29, 0.717) is 25.6 Å². The maximum Gasteiger partial charge on any atom is 0.234 e. The number of aliphatic hydroxyl groups is 1. The highest BCUT2D eigenvalue weighted by Crippen LogP contribution is 2.20. The van der Waals surface area contributed by atoms with Crippen LogP contribution >= 0.6 is 0 Å². The summed E-state index contributed by atoms with van der Waals surface area (Å²) in [6, 6.07) is 0.509. The zero-order valence-corrected chi connectivity index (χ0v) is 12.0. The monoisotopic (exact) mass is 256 g/mol. The molecule has 4 heteroatoms. The molecule has 0 spiro atoms. The lowest BCUT2D eigenvalue weighted by Crippen LogP contribution is -2.41. The molecule has 0 aromatic carbocycles. The summed E-state index contributed by atoms with van der Waals surface area (Å²) in [6.45, 7) is 6.97. The molecule has 1 aliphatic carbocycles. The van der Waals surface area contributed by atoms with E-state index in [0.717, 1.165) is 0 Å². The van der Waals surface area contributed by atoms with E-state index in [1.165, 1.54) is 25.7 Å². The lowest BCUT2D eigenvalue weighted by Gasteiger charge is -2.22. The molecule has 1 unspecified atom stereocenters. The van der Waals surface area contributed by atoms with E-state index < -0.39 is 6.10 Å². The lowest BCUT2D eigenvalue weighted by molar-refractivity contribution is -0.120. The number of nitrogens with one attached hydrogen (secondary N) is 2. The number of rotatable bonds is 6. The Morgan fingerprint density at radius 3 is 2.50 bits per heavy atom. The van der Waals surface area contributed by atoms with Crippen LogP contribution in [0.1, 0.15) is 52.9 Å². The molecule has 0 aromatic heterocycles. The van der Waals surface area contributed by atoms with Crippen molar-refractivity contribution in [1.82, 2.24) is 10.6 Å². The fourth-order valence-electron chi connectivity index (χ4n) is 2.44. The summed E-state index contributed by atoms with van der Waals surface area (Å²) in [4.78, 5) is 11.6. The predicted octanol–water partition coefficient (Wildman–Crippen LogP) is 1.43. The number of aliphatic hydroxyl groups excluding tert-OH is 1. The van der Waals surface area contributed by atoms with Gasteiger partial charge in [0, 0.05) is 12.6 Å². The van der Waals surface area contributed by atoms with E-state index >= 15 is 0 Å². The van der Waals surface area contributed by atoms with Gasteiger partial charge in [0.2, 0.25) is 5.91 Å². The second-order valence-corrected chi connectivity index (χ2v) is 6.58. The van der Waals surface area contributed by atoms with Crippen LogP contribution < -0.4 is 10.6 Å². The van der Waals surface area contributed by atoms with Gasteiger partial charge in [-0.25, -0.2) is 0 Å². The van der Waals surface area contributed by atoms with Crippen LogP contribution in [0, 0.1) is 5.41 Å². The average molecular weight is 256 g/mol. The topological polar surface area (TPSA) is 61.4 Å². The van der Waals surface area contributed by atoms with Gasteiger partial charge >= 0.3 is 0 Å². The SMILES string of the molecule is CC(C)(C)CC(O)CNC(=O)CNC1CCCC1. The summed E-state index contributed by atoms with van der Waals surface area (Å²) >= 11 is 0. The van der Waals surface area contributed by atoms with Gasteiger partial charge in [0.15, 0.2) is 0 Å². The third-order valence-corrected chi connectivity index (χ3v) is 3.29. The van der Waals surface area contributed by atoms with Crippen LogP contribution in [0.25, 0.3) is 0 Å². The minimum Gasteiger partial charge on any atom is -0.391 e. The standard InChI is InChI=1S/C14H28N2O2/c1-14(2,3)8-12(17)9-16-13(18)10-15-11-6-4-5-7-11/h11-12,15,17H,4-10H2,1-3H3,(H,16,18). The molecule has 3 N–H and O–H groups in total. The second kappa shape index (κ2) is 7.10. The van der Waals surface area contributed by atoms with Crippen molar-refractivity contribution in [2.75, 3.05) is 13.1 Å². The summed E-state index contributed by atoms with van der Waals surface area (Å²) in [5.41, 5.74) is 0.0895. The third kappa shape index (κ3) is 6.97. The Labute approximate surface area is 111 Å². The highest BCUT2D eigenvalue weighted by Gasteiger charge is 2.18. The normalized spacial score (nSPS) is 18.9. The molecule has 0 aliphatic heterocycles. The molecule has 1 rings (SSSR count). The molecule has 106 valence electrons. The summed E-state index contributed by atoms with van der Waals surface area (Å²) < 4.78 is 0. The van der Waals surface area contributed by atoms with Gasteiger partial charge in [0.1, 0.15) is 0 Å². The predicted molar refractivity (Wildman–Crippen MR) is 73.3 cm³/mol. The Hall–Kier alpha value is -0.610. The molecule has 1 atom stereocenters. The minimum atomic E-state index is -0.458. The lowest BCUT2D eigenvalue weighted by atomic mass is 9.89. The van der Waals surface area contributed by atoms with Gasteiger partial charge < -0.3 is 15.7 Å². The van der Waals surface area contributed by atoms with Crippen LogP contribution in [-0.4, -0.2) is 36.2 Å². The van der Waals surface area contributed by atoms with Crippen molar-refractivity contribution in [3.63, 3.8) is 0 Å². The molecule has 0 bridgehead atoms. The quantitative estimate of drug-likeness (QED) is 0.674. The largest absolute Gasteiger partial charge is 0.391 e. The molecular formula is C14H28N2O2. The number of carbonyl (C=O) groups is 1. The maximum absolute atomic E-state index is 11.6. The van der Waals surface area contributed by atoms with Crippen molar-refractivity contribution in [2.24, 2.45) is 5.41 Å². The molecule has 1 aliphatic rings. The molecule has 1 fully saturated rings. The molecule has 0 radical (unpaired) electrons. The zero-order valence-electron chi connectivity index (χ0n) is 12.0. The average Bonchev–Trinajstić information content (AvgIpc) is 2.74. The first-order valence-electron chi connectivity index (χ1n) is 7.05. The van der Waals surface area contributed by atoms with Gasteiger partial charge in [-0.3, -0.25) is 4.79 Å². The van der Waals surface area contributed by atoms with Gasteiger partial charge in [0.05, 0.1) is 12.6 Å². The fraction of sp³-hybridized carbons (Fsp3) is 0.929. The van der Waals surface area contributed by atoms with Crippen LogP contribution in [0.4, 0.5) is 0 Å². The van der Waals surface area contributed by atoms with E-state index in [-0.39, 0.29) is 11.3 Å². The molecule has 0 heterocycles. The van der Waals surface area contributed by atoms with Gasteiger partial charge in [-0.05, 0) is 24.7 Å². The second-order valence-electron chi connectivity index (χ2n) is 6.58. The number of hydrogen-bond acceptors (Lipinski definition) is 3. The molecule has 1 saturated carbocycles. The number of carbonyl (C=O) groups excluding carboxylic acids is 1. The van der Waals surface area contributed by atoms with E-state index in [1.54, 1.807) is 0 Å². The Bertz CT molecular complexity index is 255. The van der Waals surface area contributed by atoms with Gasteiger partial charge in [-0.2, -0.15) is 0 Å². The summed E-state index contributed by atoms with van der Waals surface area (Å²) in [6.07, 6.45) is 5.14. The van der Waals surface area contributed by atoms with Gasteiger partial charge in [0.25, 0.3) is 0 Å². The molecular weight excluding hydrogens is 228 g/mol. The Balaban J connectivity index is 2.08. The third-order valence-electron chi connectivity index (χ3n) is 3.29. The van der Waals surface area contributed by atoms with Crippen molar-refractivity contribution >= 4 is 5.91 Å². The van der Waals surface area contributed by atoms with E-state index in [4.69, 9.17) is 0 Å². The number of hydrogen-bond donors (Lipinski definition) is 3. The highest BCUT2D eigenvalue weighted by molar-refractivity contribution is 5.78. The first kappa shape index (κ1) is 15.4. The Morgan fingerprint density at radius 2 is 1.94 bits per heavy atom. The smallest absolute Gasteiger partial charge is 0.234 e. The number of amides is 1. The molecule has 0 saturated heterocycles. The van der Waals surface area contributed by atoms with Crippen LogP contribution in [-0.2, 0) is 4.79 Å². The van der Waals surface area contributed by atoms with Crippen LogP contribution in [0.3, 0.4) is 0 Å². The van der Waals surface area contributed by atoms with E-state index in [1.807, 2.05) is 0 Å². The summed E-state index contributed by atoms with van der Waals surface area (Å²) in [5.74, 6) is -0.0186. The van der Waals surface area contributed by atoms with E-state index in [9.17, 15) is 9.90 Å². The van der Waals surface area contributed by atoms with Gasteiger partial charge in [-0.1, -0.05) is 33.6 Å². The Morgan fingerprint density at radius 1 is 1.33 bits per heavy atom. The van der Waals surface area contributed by atoms with Crippen LogP contribution in [0.15, 0.2) is 0 Å². The van der Waals surface area contributed by atoms with Crippen molar-refractivity contribution in [2.45, 2.75) is 65.0 Å². The van der Waals surface area contributed by atoms with Crippen molar-refractivity contribution < 1.29 is 9.90 Å². The molecule has 18 heavy (non-hydrogen) atoms. The van der Waals surface area contributed by atoms with Crippen molar-refractivity contribution in [3.8, 4) is 0 Å². The summed E-state index contributed by atoms with van der Waals surface area (Å²) in [5, 5.41) is 15.8. The highest BCUT2D eigenvalue weighted by atomic mass is 16.3. The maximum atomic E-state index is 11.6. The summed E-state index contributed by atoms with van der Waals surface area (Å²) in [7, 11) is 0. The fourth-order valence-corrected chi connectivity index (χ4v) is 2.44. The van der Waals surface area contributed by atoms with E-state index in [2.05, 4.69) is 31.4 Å².